The number of carbonyl (C=O) groups excluding carboxylic acids is 3. The number of nitrogens with zero attached hydrogens (tertiary/aromatic N) is 2. The van der Waals surface area contributed by atoms with Crippen LogP contribution in [0.3, 0.4) is 0 Å². The van der Waals surface area contributed by atoms with E-state index in [1.165, 1.54) is 4.90 Å². The summed E-state index contributed by atoms with van der Waals surface area (Å²) in [6.07, 6.45) is 2.56. The molecule has 1 aliphatic heterocycles. The minimum absolute atomic E-state index is 0.175. The van der Waals surface area contributed by atoms with Crippen molar-refractivity contribution in [2.24, 2.45) is 5.92 Å². The Morgan fingerprint density at radius 3 is 2.47 bits per heavy atom. The van der Waals surface area contributed by atoms with Crippen LogP contribution >= 0.6 is 0 Å². The summed E-state index contributed by atoms with van der Waals surface area (Å²) >= 11 is 0. The molecule has 0 saturated carbocycles. The van der Waals surface area contributed by atoms with Crippen molar-refractivity contribution < 1.29 is 14.4 Å². The molecule has 32 heavy (non-hydrogen) atoms. The van der Waals surface area contributed by atoms with Gasteiger partial charge >= 0.3 is 0 Å². The maximum absolute atomic E-state index is 13.7. The van der Waals surface area contributed by atoms with Crippen molar-refractivity contribution in [3.8, 4) is 0 Å². The molecule has 0 spiro atoms. The molecule has 1 aromatic heterocycles. The van der Waals surface area contributed by atoms with Gasteiger partial charge < -0.3 is 16.0 Å². The zero-order chi connectivity index (χ0) is 23.3. The van der Waals surface area contributed by atoms with Crippen LogP contribution in [0.2, 0.25) is 0 Å². The zero-order valence-corrected chi connectivity index (χ0v) is 19.0. The molecule has 2 unspecified atom stereocenters. The van der Waals surface area contributed by atoms with E-state index in [-0.39, 0.29) is 23.6 Å². The van der Waals surface area contributed by atoms with E-state index in [1.807, 2.05) is 45.0 Å². The van der Waals surface area contributed by atoms with E-state index in [9.17, 15) is 14.4 Å². The van der Waals surface area contributed by atoms with Gasteiger partial charge in [-0.1, -0.05) is 45.0 Å². The summed E-state index contributed by atoms with van der Waals surface area (Å²) in [6, 6.07) is 10.8. The molecule has 3 rings (SSSR count). The number of para-hydroxylation sites is 1. The van der Waals surface area contributed by atoms with Gasteiger partial charge in [-0.05, 0) is 43.1 Å². The first-order valence-corrected chi connectivity index (χ1v) is 11.0. The van der Waals surface area contributed by atoms with Gasteiger partial charge in [0.25, 0.3) is 5.91 Å². The monoisotopic (exact) mass is 437 g/mol. The van der Waals surface area contributed by atoms with E-state index in [0.29, 0.717) is 24.3 Å². The molecule has 2 aromatic rings. The van der Waals surface area contributed by atoms with Crippen LogP contribution in [0.15, 0.2) is 48.7 Å². The molecular formula is C24H31N5O3. The third-order valence-corrected chi connectivity index (χ3v) is 5.71. The standard InChI is InChI=1S/C24H31N5O3/c1-5-18(25-4)22(30)28-20(15(2)3)24(32)29-19(14-16-10-9-13-26-21(16)29)23(31)27-17-11-7-6-8-12-17/h6-13,15,18-20,25H,5,14H2,1-4H3,(H,27,31)(H,28,30)/t18-,19?,20?/m0/s1. The number of likely N-dealkylation sites (N-methyl/N-ethyl adjacent to an activating group) is 1. The Morgan fingerprint density at radius 2 is 1.84 bits per heavy atom. The van der Waals surface area contributed by atoms with Crippen LogP contribution in [0.4, 0.5) is 11.5 Å². The smallest absolute Gasteiger partial charge is 0.251 e. The van der Waals surface area contributed by atoms with E-state index in [1.54, 1.807) is 31.4 Å². The second-order valence-corrected chi connectivity index (χ2v) is 8.25. The molecule has 8 nitrogen and oxygen atoms in total. The average molecular weight is 438 g/mol. The fraction of sp³-hybridized carbons (Fsp3) is 0.417. The van der Waals surface area contributed by atoms with Gasteiger partial charge in [0.05, 0.1) is 6.04 Å². The summed E-state index contributed by atoms with van der Waals surface area (Å²) in [4.78, 5) is 45.4. The molecule has 1 aliphatic rings. The fourth-order valence-corrected chi connectivity index (χ4v) is 3.91. The average Bonchev–Trinajstić information content (AvgIpc) is 3.18. The van der Waals surface area contributed by atoms with Gasteiger partial charge in [-0.25, -0.2) is 4.98 Å². The highest BCUT2D eigenvalue weighted by molar-refractivity contribution is 6.09. The molecule has 0 bridgehead atoms. The van der Waals surface area contributed by atoms with Gasteiger partial charge in [-0.15, -0.1) is 0 Å². The molecule has 0 aliphatic carbocycles. The molecule has 2 heterocycles. The minimum atomic E-state index is -0.787. The lowest BCUT2D eigenvalue weighted by Gasteiger charge is -2.31. The lowest BCUT2D eigenvalue weighted by Crippen LogP contribution is -2.58. The number of pyridine rings is 1. The van der Waals surface area contributed by atoms with Crippen LogP contribution in [0, 0.1) is 5.92 Å². The van der Waals surface area contributed by atoms with Crippen LogP contribution < -0.4 is 20.9 Å². The molecule has 1 aromatic carbocycles. The highest BCUT2D eigenvalue weighted by Gasteiger charge is 2.43. The Labute approximate surface area is 188 Å². The molecule has 3 amide bonds. The number of hydrogen-bond donors (Lipinski definition) is 3. The first-order chi connectivity index (χ1) is 15.4. The summed E-state index contributed by atoms with van der Waals surface area (Å²) in [5, 5.41) is 8.73. The van der Waals surface area contributed by atoms with E-state index < -0.39 is 18.1 Å². The predicted octanol–water partition coefficient (Wildman–Crippen LogP) is 2.12. The summed E-state index contributed by atoms with van der Waals surface area (Å²) < 4.78 is 0. The number of carbonyl (C=O) groups is 3. The third-order valence-electron chi connectivity index (χ3n) is 5.71. The maximum atomic E-state index is 13.7. The van der Waals surface area contributed by atoms with Crippen molar-refractivity contribution >= 4 is 29.2 Å². The van der Waals surface area contributed by atoms with E-state index in [4.69, 9.17) is 0 Å². The largest absolute Gasteiger partial charge is 0.343 e. The predicted molar refractivity (Wildman–Crippen MR) is 124 cm³/mol. The first-order valence-electron chi connectivity index (χ1n) is 11.0. The zero-order valence-electron chi connectivity index (χ0n) is 19.0. The summed E-state index contributed by atoms with van der Waals surface area (Å²) in [7, 11) is 1.71. The van der Waals surface area contributed by atoms with Crippen LogP contribution in [0.5, 0.6) is 0 Å². The number of hydrogen-bond acceptors (Lipinski definition) is 5. The van der Waals surface area contributed by atoms with Gasteiger partial charge in [0.15, 0.2) is 0 Å². The number of nitrogens with one attached hydrogen (secondary N) is 3. The van der Waals surface area contributed by atoms with Crippen LogP contribution in [0.1, 0.15) is 32.8 Å². The molecule has 3 atom stereocenters. The number of rotatable bonds is 8. The number of aromatic nitrogens is 1. The Kier molecular flexibility index (Phi) is 7.58. The fourth-order valence-electron chi connectivity index (χ4n) is 3.91. The lowest BCUT2D eigenvalue weighted by molar-refractivity contribution is -0.130. The van der Waals surface area contributed by atoms with Gasteiger partial charge in [0, 0.05) is 18.3 Å². The van der Waals surface area contributed by atoms with Gasteiger partial charge in [0.1, 0.15) is 17.9 Å². The quantitative estimate of drug-likeness (QED) is 0.587. The second kappa shape index (κ2) is 10.4. The highest BCUT2D eigenvalue weighted by Crippen LogP contribution is 2.32. The van der Waals surface area contributed by atoms with Gasteiger partial charge in [0.2, 0.25) is 11.8 Å². The summed E-state index contributed by atoms with van der Waals surface area (Å²) in [6.45, 7) is 5.65. The topological polar surface area (TPSA) is 103 Å². The van der Waals surface area contributed by atoms with E-state index >= 15 is 0 Å². The normalized spacial score (nSPS) is 16.9. The van der Waals surface area contributed by atoms with E-state index in [0.717, 1.165) is 5.56 Å². The molecule has 0 fully saturated rings. The number of benzene rings is 1. The number of fused-ring (bicyclic) bond motifs is 1. The minimum Gasteiger partial charge on any atom is -0.343 e. The highest BCUT2D eigenvalue weighted by atomic mass is 16.2. The number of amides is 3. The van der Waals surface area contributed by atoms with Crippen LogP contribution in [-0.4, -0.2) is 47.9 Å². The SMILES string of the molecule is CC[C@H](NC)C(=O)NC(C(=O)N1c2ncccc2CC1C(=O)Nc1ccccc1)C(C)C. The van der Waals surface area contributed by atoms with Crippen LogP contribution in [0.25, 0.3) is 0 Å². The molecule has 170 valence electrons. The lowest BCUT2D eigenvalue weighted by atomic mass is 10.0. The van der Waals surface area contributed by atoms with Crippen molar-refractivity contribution in [3.05, 3.63) is 54.2 Å². The molecule has 0 saturated heterocycles. The van der Waals surface area contributed by atoms with Gasteiger partial charge in [-0.3, -0.25) is 19.3 Å². The van der Waals surface area contributed by atoms with Crippen molar-refractivity contribution in [2.75, 3.05) is 17.3 Å². The van der Waals surface area contributed by atoms with Gasteiger partial charge in [-0.2, -0.15) is 0 Å². The first kappa shape index (κ1) is 23.4. The van der Waals surface area contributed by atoms with Crippen molar-refractivity contribution in [2.45, 2.75) is 51.7 Å². The van der Waals surface area contributed by atoms with Crippen molar-refractivity contribution in [3.63, 3.8) is 0 Å². The Hall–Kier alpha value is -3.26. The Morgan fingerprint density at radius 1 is 1.12 bits per heavy atom. The third kappa shape index (κ3) is 4.96. The summed E-state index contributed by atoms with van der Waals surface area (Å²) in [5.74, 6) is -0.589. The van der Waals surface area contributed by atoms with E-state index in [2.05, 4.69) is 20.9 Å². The van der Waals surface area contributed by atoms with Crippen molar-refractivity contribution in [1.29, 1.82) is 0 Å². The summed E-state index contributed by atoms with van der Waals surface area (Å²) in [5.41, 5.74) is 1.48. The molecule has 3 N–H and O–H groups in total. The second-order valence-electron chi connectivity index (χ2n) is 8.25. The van der Waals surface area contributed by atoms with Crippen LogP contribution in [-0.2, 0) is 20.8 Å². The Balaban J connectivity index is 1.89. The molecule has 8 heteroatoms. The number of anilines is 2. The Bertz CT molecular complexity index is 959. The molecule has 0 radical (unpaired) electrons. The van der Waals surface area contributed by atoms with Crippen molar-refractivity contribution in [1.82, 2.24) is 15.6 Å². The maximum Gasteiger partial charge on any atom is 0.251 e. The molecular weight excluding hydrogens is 406 g/mol.